The summed E-state index contributed by atoms with van der Waals surface area (Å²) < 4.78 is 5.72. The van der Waals surface area contributed by atoms with Crippen molar-refractivity contribution >= 4 is 15.9 Å². The van der Waals surface area contributed by atoms with Crippen LogP contribution in [0.2, 0.25) is 0 Å². The molecule has 3 rings (SSSR count). The Kier molecular flexibility index (Phi) is 5.39. The first-order valence-electron chi connectivity index (χ1n) is 8.27. The van der Waals surface area contributed by atoms with E-state index in [1.54, 1.807) is 6.07 Å². The van der Waals surface area contributed by atoms with E-state index in [1.165, 1.54) is 0 Å². The lowest BCUT2D eigenvalue weighted by Crippen LogP contribution is -2.49. The molecule has 2 heterocycles. The van der Waals surface area contributed by atoms with Crippen molar-refractivity contribution in [3.05, 3.63) is 52.3 Å². The maximum atomic E-state index is 10.9. The smallest absolute Gasteiger partial charge is 0.167 e. The average Bonchev–Trinajstić information content (AvgIpc) is 3.01. The molecule has 6 heteroatoms. The first-order valence-corrected chi connectivity index (χ1v) is 9.07. The van der Waals surface area contributed by atoms with E-state index in [0.717, 1.165) is 18.7 Å². The number of halogens is 1. The standard InChI is InChI=1S/C18H23BrN2O3/c1-13(17(22)15-11-16(19)20-24-15)21-9-7-18(23,8-10-21)12-14-5-3-2-4-6-14/h2-6,11,13,17,22-23H,7-10,12H2,1H3. The van der Waals surface area contributed by atoms with Gasteiger partial charge in [0.25, 0.3) is 0 Å². The van der Waals surface area contributed by atoms with Crippen molar-refractivity contribution in [3.8, 4) is 0 Å². The van der Waals surface area contributed by atoms with Crippen LogP contribution in [0.1, 0.15) is 37.2 Å². The van der Waals surface area contributed by atoms with E-state index in [1.807, 2.05) is 25.1 Å². The van der Waals surface area contributed by atoms with Gasteiger partial charge in [-0.2, -0.15) is 0 Å². The second-order valence-electron chi connectivity index (χ2n) is 6.66. The molecule has 0 radical (unpaired) electrons. The van der Waals surface area contributed by atoms with Gasteiger partial charge < -0.3 is 14.7 Å². The fourth-order valence-corrected chi connectivity index (χ4v) is 3.64. The van der Waals surface area contributed by atoms with E-state index in [4.69, 9.17) is 4.52 Å². The summed E-state index contributed by atoms with van der Waals surface area (Å²) in [4.78, 5) is 2.19. The van der Waals surface area contributed by atoms with E-state index in [0.29, 0.717) is 29.6 Å². The quantitative estimate of drug-likeness (QED) is 0.815. The molecule has 2 atom stereocenters. The van der Waals surface area contributed by atoms with Crippen molar-refractivity contribution in [3.63, 3.8) is 0 Å². The van der Waals surface area contributed by atoms with Gasteiger partial charge in [0.15, 0.2) is 5.76 Å². The molecule has 0 spiro atoms. The van der Waals surface area contributed by atoms with Crippen molar-refractivity contribution in [2.24, 2.45) is 0 Å². The van der Waals surface area contributed by atoms with Crippen LogP contribution in [0.25, 0.3) is 0 Å². The minimum Gasteiger partial charge on any atom is -0.389 e. The summed E-state index contributed by atoms with van der Waals surface area (Å²) in [7, 11) is 0. The zero-order chi connectivity index (χ0) is 17.2. The van der Waals surface area contributed by atoms with Crippen LogP contribution in [0.3, 0.4) is 0 Å². The molecule has 0 saturated carbocycles. The molecule has 24 heavy (non-hydrogen) atoms. The molecule has 1 aromatic heterocycles. The normalized spacial score (nSPS) is 20.7. The predicted molar refractivity (Wildman–Crippen MR) is 94.5 cm³/mol. The molecular formula is C18H23BrN2O3. The number of likely N-dealkylation sites (tertiary alicyclic amines) is 1. The molecule has 5 nitrogen and oxygen atoms in total. The molecule has 0 bridgehead atoms. The van der Waals surface area contributed by atoms with Crippen molar-refractivity contribution in [1.29, 1.82) is 0 Å². The van der Waals surface area contributed by atoms with Crippen LogP contribution in [0.4, 0.5) is 0 Å². The van der Waals surface area contributed by atoms with Crippen molar-refractivity contribution in [2.75, 3.05) is 13.1 Å². The van der Waals surface area contributed by atoms with Gasteiger partial charge in [0, 0.05) is 31.6 Å². The predicted octanol–water partition coefficient (Wildman–Crippen LogP) is 2.93. The topological polar surface area (TPSA) is 69.7 Å². The summed E-state index contributed by atoms with van der Waals surface area (Å²) in [5, 5.41) is 25.1. The molecule has 2 aromatic rings. The maximum absolute atomic E-state index is 10.9. The lowest BCUT2D eigenvalue weighted by Gasteiger charge is -2.41. The van der Waals surface area contributed by atoms with Crippen LogP contribution in [0.15, 0.2) is 45.5 Å². The monoisotopic (exact) mass is 394 g/mol. The summed E-state index contributed by atoms with van der Waals surface area (Å²) in [6.45, 7) is 3.47. The third kappa shape index (κ3) is 4.06. The van der Waals surface area contributed by atoms with Crippen LogP contribution in [0, 0.1) is 0 Å². The number of aliphatic hydroxyl groups is 2. The fourth-order valence-electron chi connectivity index (χ4n) is 3.34. The Morgan fingerprint density at radius 2 is 1.96 bits per heavy atom. The molecule has 0 aliphatic carbocycles. The molecule has 1 aliphatic heterocycles. The van der Waals surface area contributed by atoms with E-state index in [9.17, 15) is 10.2 Å². The Bertz CT molecular complexity index is 653. The Balaban J connectivity index is 1.58. The first-order chi connectivity index (χ1) is 11.5. The molecule has 1 saturated heterocycles. The average molecular weight is 395 g/mol. The number of nitrogens with zero attached hydrogens (tertiary/aromatic N) is 2. The largest absolute Gasteiger partial charge is 0.389 e. The molecule has 1 fully saturated rings. The Morgan fingerprint density at radius 1 is 1.29 bits per heavy atom. The van der Waals surface area contributed by atoms with Gasteiger partial charge >= 0.3 is 0 Å². The summed E-state index contributed by atoms with van der Waals surface area (Å²) in [5.74, 6) is 0.458. The number of aliphatic hydroxyl groups excluding tert-OH is 1. The number of hydrogen-bond acceptors (Lipinski definition) is 5. The van der Waals surface area contributed by atoms with Crippen molar-refractivity contribution in [2.45, 2.75) is 43.9 Å². The van der Waals surface area contributed by atoms with Gasteiger partial charge in [0.2, 0.25) is 0 Å². The van der Waals surface area contributed by atoms with Gasteiger partial charge in [-0.3, -0.25) is 4.90 Å². The zero-order valence-corrected chi connectivity index (χ0v) is 15.3. The van der Waals surface area contributed by atoms with E-state index >= 15 is 0 Å². The van der Waals surface area contributed by atoms with E-state index < -0.39 is 11.7 Å². The van der Waals surface area contributed by atoms with Gasteiger partial charge in [-0.05, 0) is 41.3 Å². The Hall–Kier alpha value is -1.21. The number of hydrogen-bond donors (Lipinski definition) is 2. The third-order valence-corrected chi connectivity index (χ3v) is 5.30. The van der Waals surface area contributed by atoms with E-state index in [-0.39, 0.29) is 6.04 Å². The zero-order valence-electron chi connectivity index (χ0n) is 13.7. The summed E-state index contributed by atoms with van der Waals surface area (Å²) in [5.41, 5.74) is 0.491. The van der Waals surface area contributed by atoms with Crippen LogP contribution in [-0.2, 0) is 6.42 Å². The van der Waals surface area contributed by atoms with Gasteiger partial charge in [0.1, 0.15) is 10.7 Å². The molecule has 2 N–H and O–H groups in total. The van der Waals surface area contributed by atoms with Gasteiger partial charge in [-0.15, -0.1) is 0 Å². The van der Waals surface area contributed by atoms with Gasteiger partial charge in [0.05, 0.1) is 5.60 Å². The number of rotatable bonds is 5. The molecule has 1 aromatic carbocycles. The Morgan fingerprint density at radius 3 is 2.54 bits per heavy atom. The van der Waals surface area contributed by atoms with Crippen LogP contribution in [0.5, 0.6) is 0 Å². The van der Waals surface area contributed by atoms with Crippen LogP contribution < -0.4 is 0 Å². The van der Waals surface area contributed by atoms with E-state index in [2.05, 4.69) is 38.1 Å². The molecule has 130 valence electrons. The van der Waals surface area contributed by atoms with Crippen molar-refractivity contribution in [1.82, 2.24) is 10.1 Å². The molecule has 1 aliphatic rings. The summed E-state index contributed by atoms with van der Waals surface area (Å²) in [6, 6.07) is 11.7. The van der Waals surface area contributed by atoms with Gasteiger partial charge in [-0.1, -0.05) is 35.5 Å². The fraction of sp³-hybridized carbons (Fsp3) is 0.500. The SMILES string of the molecule is CC(C(O)c1cc(Br)no1)N1CCC(O)(Cc2ccccc2)CC1. The highest BCUT2D eigenvalue weighted by Crippen LogP contribution is 2.30. The van der Waals surface area contributed by atoms with Crippen LogP contribution >= 0.6 is 15.9 Å². The lowest BCUT2D eigenvalue weighted by atomic mass is 9.84. The second-order valence-corrected chi connectivity index (χ2v) is 7.47. The molecule has 0 amide bonds. The van der Waals surface area contributed by atoms with Crippen LogP contribution in [-0.4, -0.2) is 45.0 Å². The highest BCUT2D eigenvalue weighted by atomic mass is 79.9. The number of piperidine rings is 1. The number of aromatic nitrogens is 1. The van der Waals surface area contributed by atoms with Gasteiger partial charge in [-0.25, -0.2) is 0 Å². The molecule has 2 unspecified atom stereocenters. The summed E-state index contributed by atoms with van der Waals surface area (Å²) in [6.07, 6.45) is 1.33. The number of benzene rings is 1. The highest BCUT2D eigenvalue weighted by Gasteiger charge is 2.36. The maximum Gasteiger partial charge on any atom is 0.167 e. The first kappa shape index (κ1) is 17.6. The minimum absolute atomic E-state index is 0.0916. The lowest BCUT2D eigenvalue weighted by molar-refractivity contribution is -0.0488. The Labute approximate surface area is 150 Å². The second kappa shape index (κ2) is 7.35. The highest BCUT2D eigenvalue weighted by molar-refractivity contribution is 9.10. The minimum atomic E-state index is -0.732. The third-order valence-electron chi connectivity index (χ3n) is 4.93. The molecular weight excluding hydrogens is 372 g/mol. The summed E-state index contributed by atoms with van der Waals surface area (Å²) >= 11 is 3.23. The van der Waals surface area contributed by atoms with Crippen molar-refractivity contribution < 1.29 is 14.7 Å².